The summed E-state index contributed by atoms with van der Waals surface area (Å²) in [6, 6.07) is 52.9. The van der Waals surface area contributed by atoms with Crippen LogP contribution in [0.1, 0.15) is 103 Å². The van der Waals surface area contributed by atoms with Gasteiger partial charge in [0.2, 0.25) is 0 Å². The Morgan fingerprint density at radius 3 is 1.81 bits per heavy atom. The summed E-state index contributed by atoms with van der Waals surface area (Å²) in [5.41, 5.74) is 12.8. The predicted molar refractivity (Wildman–Crippen MR) is 281 cm³/mol. The third kappa shape index (κ3) is 9.17. The zero-order chi connectivity index (χ0) is 48.5. The Kier molecular flexibility index (Phi) is 12.9. The first-order valence-electron chi connectivity index (χ1n) is 23.9. The smallest absolute Gasteiger partial charge is 0.135 e. The van der Waals surface area contributed by atoms with Gasteiger partial charge in [-0.3, -0.25) is 0 Å². The molecule has 2 aromatic heterocycles. The summed E-state index contributed by atoms with van der Waals surface area (Å²) >= 11 is 0. The normalized spacial score (nSPS) is 12.9. The van der Waals surface area contributed by atoms with Crippen LogP contribution in [0.15, 0.2) is 146 Å². The average Bonchev–Trinajstić information content (AvgIpc) is 3.86. The molecule has 3 heterocycles. The average molecular weight is 1110 g/mol. The van der Waals surface area contributed by atoms with Crippen molar-refractivity contribution >= 4 is 44.6 Å². The van der Waals surface area contributed by atoms with Gasteiger partial charge in [-0.05, 0) is 116 Å². The fourth-order valence-electron chi connectivity index (χ4n) is 9.39. The molecular formula is C62H57F2N4OPt-3. The largest absolute Gasteiger partial charge is 0.509 e. The third-order valence-corrected chi connectivity index (χ3v) is 13.3. The minimum Gasteiger partial charge on any atom is -0.509 e. The third-order valence-electron chi connectivity index (χ3n) is 13.3. The number of ether oxygens (including phenoxy) is 1. The molecule has 1 aliphatic rings. The number of aromatic nitrogens is 2. The molecule has 0 atom stereocenters. The molecule has 0 N–H and O–H groups in total. The molecule has 7 aromatic carbocycles. The first kappa shape index (κ1) is 48.5. The van der Waals surface area contributed by atoms with Crippen LogP contribution in [0.2, 0.25) is 0 Å². The molecule has 70 heavy (non-hydrogen) atoms. The molecule has 0 saturated heterocycles. The van der Waals surface area contributed by atoms with E-state index >= 15 is 8.78 Å². The Morgan fingerprint density at radius 2 is 1.17 bits per heavy atom. The van der Waals surface area contributed by atoms with Crippen LogP contribution in [-0.2, 0) is 31.9 Å². The molecule has 9 aromatic rings. The first-order valence-corrected chi connectivity index (χ1v) is 23.9. The van der Waals surface area contributed by atoms with Gasteiger partial charge in [-0.2, -0.15) is 12.1 Å². The minimum absolute atomic E-state index is 0. The van der Waals surface area contributed by atoms with Crippen LogP contribution in [0.5, 0.6) is 11.5 Å². The van der Waals surface area contributed by atoms with Crippen molar-refractivity contribution in [1.82, 2.24) is 9.55 Å². The molecule has 8 heteroatoms. The second-order valence-corrected chi connectivity index (χ2v) is 21.0. The topological polar surface area (TPSA) is 33.5 Å². The number of hydrogen-bond donors (Lipinski definition) is 0. The van der Waals surface area contributed by atoms with Crippen molar-refractivity contribution in [2.45, 2.75) is 91.9 Å². The predicted octanol–water partition coefficient (Wildman–Crippen LogP) is 17.4. The van der Waals surface area contributed by atoms with Crippen LogP contribution >= 0.6 is 0 Å². The Balaban J connectivity index is 0.00000608. The zero-order valence-corrected chi connectivity index (χ0v) is 43.6. The SMILES string of the molecule is CC(C)c1cc(-c2cc(C(C)(C)C)cc(-c3cc(F)cc(F)c3)c2N2[CH-]N(c3[c-]c(Oc4[c-]c5c(cc4)c4ccccc4n5-c4cc(C(C)(C)C)ccn4)ccc3)c3ccccc32)cc(C(C)C)c1.[Pt]. The molecule has 1 aliphatic heterocycles. The van der Waals surface area contributed by atoms with E-state index in [4.69, 9.17) is 9.72 Å². The van der Waals surface area contributed by atoms with E-state index in [0.29, 0.717) is 17.1 Å². The van der Waals surface area contributed by atoms with E-state index in [1.54, 1.807) is 0 Å². The molecule has 10 rings (SSSR count). The number of pyridine rings is 1. The number of rotatable bonds is 9. The minimum atomic E-state index is -0.634. The summed E-state index contributed by atoms with van der Waals surface area (Å²) in [7, 11) is 0. The van der Waals surface area contributed by atoms with Crippen LogP contribution in [0.3, 0.4) is 0 Å². The van der Waals surface area contributed by atoms with Gasteiger partial charge in [-0.1, -0.05) is 123 Å². The second kappa shape index (κ2) is 18.6. The molecule has 0 aliphatic carbocycles. The Hall–Kier alpha value is -6.56. The molecule has 0 spiro atoms. The van der Waals surface area contributed by atoms with Gasteiger partial charge >= 0.3 is 0 Å². The number of fused-ring (bicyclic) bond motifs is 4. The van der Waals surface area contributed by atoms with Crippen molar-refractivity contribution in [3.8, 4) is 39.6 Å². The molecule has 358 valence electrons. The number of halogens is 2. The van der Waals surface area contributed by atoms with Crippen LogP contribution in [0.4, 0.5) is 31.5 Å². The van der Waals surface area contributed by atoms with E-state index in [-0.39, 0.29) is 43.7 Å². The van der Waals surface area contributed by atoms with Crippen molar-refractivity contribution in [1.29, 1.82) is 0 Å². The quantitative estimate of drug-likeness (QED) is 0.135. The van der Waals surface area contributed by atoms with Crippen molar-refractivity contribution in [2.75, 3.05) is 9.80 Å². The molecule has 0 fully saturated rings. The van der Waals surface area contributed by atoms with E-state index < -0.39 is 11.6 Å². The summed E-state index contributed by atoms with van der Waals surface area (Å²) in [5.74, 6) is 1.16. The molecule has 0 saturated carbocycles. The van der Waals surface area contributed by atoms with Crippen molar-refractivity contribution in [3.63, 3.8) is 0 Å². The molecule has 0 amide bonds. The molecular weight excluding hydrogens is 1050 g/mol. The summed E-state index contributed by atoms with van der Waals surface area (Å²) in [4.78, 5) is 9.11. The maximum Gasteiger partial charge on any atom is 0.135 e. The van der Waals surface area contributed by atoms with Gasteiger partial charge in [-0.25, -0.2) is 13.8 Å². The summed E-state index contributed by atoms with van der Waals surface area (Å²) in [5, 5.41) is 2.16. The maximum absolute atomic E-state index is 15.4. The Labute approximate surface area is 426 Å². The van der Waals surface area contributed by atoms with Gasteiger partial charge in [0.1, 0.15) is 17.5 Å². The Bertz CT molecular complexity index is 3390. The summed E-state index contributed by atoms with van der Waals surface area (Å²) in [6.07, 6.45) is 1.88. The van der Waals surface area contributed by atoms with Gasteiger partial charge in [0, 0.05) is 78.5 Å². The zero-order valence-electron chi connectivity index (χ0n) is 41.4. The van der Waals surface area contributed by atoms with E-state index in [2.05, 4.69) is 187 Å². The fourth-order valence-corrected chi connectivity index (χ4v) is 9.39. The summed E-state index contributed by atoms with van der Waals surface area (Å²) < 4.78 is 39.6. The van der Waals surface area contributed by atoms with Crippen LogP contribution in [-0.4, -0.2) is 9.55 Å². The Morgan fingerprint density at radius 1 is 0.571 bits per heavy atom. The van der Waals surface area contributed by atoms with Crippen LogP contribution in [0.25, 0.3) is 49.9 Å². The van der Waals surface area contributed by atoms with Gasteiger partial charge in [0.25, 0.3) is 0 Å². The second-order valence-electron chi connectivity index (χ2n) is 21.0. The number of anilines is 4. The monoisotopic (exact) mass is 1110 g/mol. The van der Waals surface area contributed by atoms with E-state index in [1.807, 2.05) is 42.6 Å². The molecule has 0 radical (unpaired) electrons. The first-order chi connectivity index (χ1) is 32.9. The van der Waals surface area contributed by atoms with Crippen LogP contribution < -0.4 is 14.5 Å². The fraction of sp³-hybridized carbons (Fsp3) is 0.226. The van der Waals surface area contributed by atoms with Gasteiger partial charge < -0.3 is 19.1 Å². The van der Waals surface area contributed by atoms with Gasteiger partial charge in [0.05, 0.1) is 0 Å². The number of hydrogen-bond acceptors (Lipinski definition) is 4. The van der Waals surface area contributed by atoms with Crippen molar-refractivity contribution < 1.29 is 34.6 Å². The number of benzene rings is 7. The van der Waals surface area contributed by atoms with Crippen LogP contribution in [0, 0.1) is 30.4 Å². The maximum atomic E-state index is 15.4. The number of para-hydroxylation sites is 3. The summed E-state index contributed by atoms with van der Waals surface area (Å²) in [6.45, 7) is 24.1. The van der Waals surface area contributed by atoms with E-state index in [0.717, 1.165) is 78.7 Å². The molecule has 5 nitrogen and oxygen atoms in total. The number of nitrogens with zero attached hydrogens (tertiary/aromatic N) is 4. The van der Waals surface area contributed by atoms with Gasteiger partial charge in [-0.15, -0.1) is 48.1 Å². The van der Waals surface area contributed by atoms with Gasteiger partial charge in [0.15, 0.2) is 0 Å². The van der Waals surface area contributed by atoms with E-state index in [1.165, 1.54) is 28.8 Å². The van der Waals surface area contributed by atoms with Crippen molar-refractivity contribution in [3.05, 3.63) is 198 Å². The molecule has 0 unspecified atom stereocenters. The molecule has 0 bridgehead atoms. The van der Waals surface area contributed by atoms with Crippen molar-refractivity contribution in [2.24, 2.45) is 0 Å². The van der Waals surface area contributed by atoms with E-state index in [9.17, 15) is 0 Å². The standard InChI is InChI=1S/C62H57F2N4O.Pt/c1-38(2)40-26-41(39(3)4)28-42(27-40)53-31-45(62(8,9)10)32-54(43-29-46(63)34-47(64)30-43)60(53)67-37-66(56-20-13-14-21-57(56)67)48-16-15-17-49(35-48)69-50-22-23-52-51-18-11-12-19-55(51)68(58(52)36-50)59-33-44(24-25-65-59)61(5,6)7;/h11-34,37-39H,1-10H3;/q-3;.